The molecule has 0 fully saturated rings. The van der Waals surface area contributed by atoms with Crippen molar-refractivity contribution in [2.45, 2.75) is 18.9 Å². The van der Waals surface area contributed by atoms with Gasteiger partial charge in [0.05, 0.1) is 18.7 Å². The minimum Gasteiger partial charge on any atom is -0.497 e. The lowest BCUT2D eigenvalue weighted by Gasteiger charge is -2.15. The average molecular weight is 282 g/mol. The molecule has 3 N–H and O–H groups in total. The zero-order chi connectivity index (χ0) is 14.8. The monoisotopic (exact) mass is 282 g/mol. The summed E-state index contributed by atoms with van der Waals surface area (Å²) in [5.74, 6) is 0.507. The molecule has 108 valence electrons. The summed E-state index contributed by atoms with van der Waals surface area (Å²) in [6, 6.07) is 13.4. The van der Waals surface area contributed by atoms with E-state index in [2.05, 4.69) is 17.4 Å². The fraction of sp³-hybridized carbons (Fsp3) is 0.235. The molecule has 4 nitrogen and oxygen atoms in total. The Morgan fingerprint density at radius 1 is 1.29 bits per heavy atom. The summed E-state index contributed by atoms with van der Waals surface area (Å²) < 4.78 is 5.10. The van der Waals surface area contributed by atoms with Crippen LogP contribution in [0.3, 0.4) is 0 Å². The number of amides is 1. The van der Waals surface area contributed by atoms with Gasteiger partial charge in [-0.1, -0.05) is 24.3 Å². The van der Waals surface area contributed by atoms with E-state index in [1.807, 2.05) is 12.1 Å². The molecular formula is C17H18N2O2. The first kappa shape index (κ1) is 13.5. The molecule has 0 aromatic heterocycles. The van der Waals surface area contributed by atoms with E-state index in [1.165, 1.54) is 11.1 Å². The highest BCUT2D eigenvalue weighted by atomic mass is 16.5. The molecule has 0 bridgehead atoms. The summed E-state index contributed by atoms with van der Waals surface area (Å²) in [5.41, 5.74) is 9.36. The van der Waals surface area contributed by atoms with Crippen LogP contribution in [0.1, 0.15) is 33.9 Å². The summed E-state index contributed by atoms with van der Waals surface area (Å²) >= 11 is 0. The van der Waals surface area contributed by atoms with Gasteiger partial charge in [0.2, 0.25) is 0 Å². The van der Waals surface area contributed by atoms with E-state index in [9.17, 15) is 4.79 Å². The Balaban J connectivity index is 1.79. The second-order valence-corrected chi connectivity index (χ2v) is 5.22. The van der Waals surface area contributed by atoms with Crippen molar-refractivity contribution >= 4 is 11.6 Å². The van der Waals surface area contributed by atoms with Crippen LogP contribution >= 0.6 is 0 Å². The van der Waals surface area contributed by atoms with Gasteiger partial charge in [-0.25, -0.2) is 0 Å². The predicted octanol–water partition coefficient (Wildman–Crippen LogP) is 2.69. The van der Waals surface area contributed by atoms with Crippen molar-refractivity contribution in [3.8, 4) is 5.75 Å². The summed E-state index contributed by atoms with van der Waals surface area (Å²) in [6.45, 7) is 0. The zero-order valence-corrected chi connectivity index (χ0v) is 11.9. The maximum absolute atomic E-state index is 12.4. The summed E-state index contributed by atoms with van der Waals surface area (Å²) in [6.07, 6.45) is 1.93. The van der Waals surface area contributed by atoms with Crippen molar-refractivity contribution < 1.29 is 9.53 Å². The molecule has 0 aliphatic heterocycles. The number of nitrogens with one attached hydrogen (secondary N) is 1. The molecule has 1 aliphatic carbocycles. The quantitative estimate of drug-likeness (QED) is 0.851. The molecule has 2 aromatic rings. The minimum absolute atomic E-state index is 0.0650. The molecule has 0 spiro atoms. The van der Waals surface area contributed by atoms with Crippen molar-refractivity contribution in [3.05, 3.63) is 59.2 Å². The topological polar surface area (TPSA) is 64.3 Å². The van der Waals surface area contributed by atoms with Gasteiger partial charge in [-0.05, 0) is 36.1 Å². The third-order valence-electron chi connectivity index (χ3n) is 3.94. The first-order chi connectivity index (χ1) is 10.2. The Morgan fingerprint density at radius 2 is 2.10 bits per heavy atom. The van der Waals surface area contributed by atoms with Crippen LogP contribution in [0.4, 0.5) is 5.69 Å². The second-order valence-electron chi connectivity index (χ2n) is 5.22. The largest absolute Gasteiger partial charge is 0.497 e. The van der Waals surface area contributed by atoms with Crippen LogP contribution in [0.25, 0.3) is 0 Å². The van der Waals surface area contributed by atoms with Crippen LogP contribution in [-0.4, -0.2) is 13.0 Å². The van der Waals surface area contributed by atoms with Crippen molar-refractivity contribution in [2.75, 3.05) is 12.8 Å². The Bertz CT molecular complexity index is 682. The van der Waals surface area contributed by atoms with Crippen LogP contribution in [0.15, 0.2) is 42.5 Å². The molecule has 4 heteroatoms. The predicted molar refractivity (Wildman–Crippen MR) is 82.4 cm³/mol. The van der Waals surface area contributed by atoms with Gasteiger partial charge in [-0.3, -0.25) is 4.79 Å². The van der Waals surface area contributed by atoms with E-state index in [4.69, 9.17) is 10.5 Å². The number of aryl methyl sites for hydroxylation is 1. The number of hydrogen-bond acceptors (Lipinski definition) is 3. The molecule has 0 saturated carbocycles. The molecule has 1 amide bonds. The van der Waals surface area contributed by atoms with E-state index in [0.717, 1.165) is 12.8 Å². The molecule has 1 unspecified atom stereocenters. The van der Waals surface area contributed by atoms with Gasteiger partial charge in [0.25, 0.3) is 5.91 Å². The highest BCUT2D eigenvalue weighted by Gasteiger charge is 2.24. The summed E-state index contributed by atoms with van der Waals surface area (Å²) in [7, 11) is 1.57. The number of carbonyl (C=O) groups is 1. The number of anilines is 1. The molecule has 0 saturated heterocycles. The maximum Gasteiger partial charge on any atom is 0.253 e. The molecule has 2 aromatic carbocycles. The number of rotatable bonds is 3. The Morgan fingerprint density at radius 3 is 2.86 bits per heavy atom. The normalized spacial score (nSPS) is 16.3. The smallest absolute Gasteiger partial charge is 0.253 e. The third-order valence-corrected chi connectivity index (χ3v) is 3.94. The van der Waals surface area contributed by atoms with Gasteiger partial charge in [-0.15, -0.1) is 0 Å². The van der Waals surface area contributed by atoms with Crippen molar-refractivity contribution in [3.63, 3.8) is 0 Å². The number of methoxy groups -OCH3 is 1. The number of ether oxygens (including phenoxy) is 1. The SMILES string of the molecule is COc1ccc(C(=O)NC2CCc3ccccc32)c(N)c1. The molecule has 0 radical (unpaired) electrons. The van der Waals surface area contributed by atoms with Gasteiger partial charge >= 0.3 is 0 Å². The molecule has 1 aliphatic rings. The molecular weight excluding hydrogens is 264 g/mol. The van der Waals surface area contributed by atoms with Gasteiger partial charge in [0, 0.05) is 11.8 Å². The number of nitrogen functional groups attached to an aromatic ring is 1. The van der Waals surface area contributed by atoms with E-state index in [1.54, 1.807) is 25.3 Å². The van der Waals surface area contributed by atoms with E-state index < -0.39 is 0 Å². The van der Waals surface area contributed by atoms with Crippen molar-refractivity contribution in [1.82, 2.24) is 5.32 Å². The van der Waals surface area contributed by atoms with Gasteiger partial charge in [0.1, 0.15) is 5.75 Å². The number of fused-ring (bicyclic) bond motifs is 1. The molecule has 3 rings (SSSR count). The number of nitrogens with two attached hydrogens (primary N) is 1. The average Bonchev–Trinajstić information content (AvgIpc) is 2.90. The Hall–Kier alpha value is -2.49. The molecule has 0 heterocycles. The minimum atomic E-state index is -0.142. The van der Waals surface area contributed by atoms with Crippen molar-refractivity contribution in [1.29, 1.82) is 0 Å². The summed E-state index contributed by atoms with van der Waals surface area (Å²) in [5, 5.41) is 3.07. The molecule has 21 heavy (non-hydrogen) atoms. The van der Waals surface area contributed by atoms with E-state index >= 15 is 0 Å². The summed E-state index contributed by atoms with van der Waals surface area (Å²) in [4.78, 5) is 12.4. The Kier molecular flexibility index (Phi) is 3.52. The maximum atomic E-state index is 12.4. The van der Waals surface area contributed by atoms with Crippen LogP contribution in [0, 0.1) is 0 Å². The lowest BCUT2D eigenvalue weighted by molar-refractivity contribution is 0.0937. The first-order valence-corrected chi connectivity index (χ1v) is 7.01. The third kappa shape index (κ3) is 2.57. The lowest BCUT2D eigenvalue weighted by Crippen LogP contribution is -2.27. The van der Waals surface area contributed by atoms with Crippen molar-refractivity contribution in [2.24, 2.45) is 0 Å². The second kappa shape index (κ2) is 5.48. The van der Waals surface area contributed by atoms with Gasteiger partial charge < -0.3 is 15.8 Å². The fourth-order valence-electron chi connectivity index (χ4n) is 2.82. The first-order valence-electron chi connectivity index (χ1n) is 7.01. The lowest BCUT2D eigenvalue weighted by atomic mass is 10.1. The number of hydrogen-bond donors (Lipinski definition) is 2. The van der Waals surface area contributed by atoms with Crippen LogP contribution < -0.4 is 15.8 Å². The molecule has 1 atom stereocenters. The zero-order valence-electron chi connectivity index (χ0n) is 11.9. The van der Waals surface area contributed by atoms with Crippen LogP contribution in [-0.2, 0) is 6.42 Å². The van der Waals surface area contributed by atoms with E-state index in [-0.39, 0.29) is 11.9 Å². The Labute approximate surface area is 123 Å². The number of carbonyl (C=O) groups excluding carboxylic acids is 1. The van der Waals surface area contributed by atoms with E-state index in [0.29, 0.717) is 17.0 Å². The number of benzene rings is 2. The van der Waals surface area contributed by atoms with Crippen LogP contribution in [0.2, 0.25) is 0 Å². The van der Waals surface area contributed by atoms with Gasteiger partial charge in [-0.2, -0.15) is 0 Å². The fourth-order valence-corrected chi connectivity index (χ4v) is 2.82. The standard InChI is InChI=1S/C17H18N2O2/c1-21-12-7-8-14(15(18)10-12)17(20)19-16-9-6-11-4-2-3-5-13(11)16/h2-5,7-8,10,16H,6,9,18H2,1H3,(H,19,20). The van der Waals surface area contributed by atoms with Crippen LogP contribution in [0.5, 0.6) is 5.75 Å². The highest BCUT2D eigenvalue weighted by molar-refractivity contribution is 5.99. The van der Waals surface area contributed by atoms with Gasteiger partial charge in [0.15, 0.2) is 0 Å². The highest BCUT2D eigenvalue weighted by Crippen LogP contribution is 2.31.